The maximum Gasteiger partial charge on any atom is 0.205 e. The molecule has 1 fully saturated rings. The molecule has 0 atom stereocenters. The molecule has 7 nitrogen and oxygen atoms in total. The van der Waals surface area contributed by atoms with E-state index >= 15 is 0 Å². The minimum absolute atomic E-state index is 0.636. The zero-order valence-electron chi connectivity index (χ0n) is 15.0. The lowest BCUT2D eigenvalue weighted by atomic mass is 10.3. The Labute approximate surface area is 157 Å². The molecular weight excluding hydrogens is 354 g/mol. The highest BCUT2D eigenvalue weighted by atomic mass is 32.1. The lowest BCUT2D eigenvalue weighted by Crippen LogP contribution is -2.52. The zero-order chi connectivity index (χ0) is 17.6. The number of nitrogens with one attached hydrogen (secondary N) is 1. The van der Waals surface area contributed by atoms with Crippen LogP contribution in [0.25, 0.3) is 0 Å². The number of anilines is 1. The van der Waals surface area contributed by atoms with Gasteiger partial charge in [-0.2, -0.15) is 4.37 Å². The highest BCUT2D eigenvalue weighted by Crippen LogP contribution is 2.19. The molecule has 1 N–H and O–H groups in total. The van der Waals surface area contributed by atoms with Crippen molar-refractivity contribution in [1.82, 2.24) is 24.6 Å². The Morgan fingerprint density at radius 1 is 1.24 bits per heavy atom. The average Bonchev–Trinajstić information content (AvgIpc) is 3.27. The summed E-state index contributed by atoms with van der Waals surface area (Å²) in [6, 6.07) is 0. The molecule has 1 aliphatic heterocycles. The molecule has 0 radical (unpaired) electrons. The fraction of sp³-hybridized carbons (Fsp3) is 0.625. The Bertz CT molecular complexity index is 701. The van der Waals surface area contributed by atoms with E-state index in [-0.39, 0.29) is 0 Å². The van der Waals surface area contributed by atoms with E-state index in [9.17, 15) is 0 Å². The number of aryl methyl sites for hydroxylation is 2. The number of hydrogen-bond acceptors (Lipinski definition) is 7. The van der Waals surface area contributed by atoms with Gasteiger partial charge in [0.25, 0.3) is 0 Å². The summed E-state index contributed by atoms with van der Waals surface area (Å²) in [6.45, 7) is 11.5. The molecule has 0 aliphatic carbocycles. The van der Waals surface area contributed by atoms with E-state index in [4.69, 9.17) is 4.99 Å². The van der Waals surface area contributed by atoms with E-state index in [2.05, 4.69) is 48.7 Å². The number of hydrogen-bond donors (Lipinski definition) is 1. The molecule has 2 aromatic rings. The molecule has 2 aromatic heterocycles. The van der Waals surface area contributed by atoms with E-state index in [1.54, 1.807) is 11.3 Å². The Hall–Kier alpha value is -1.74. The van der Waals surface area contributed by atoms with Crippen LogP contribution >= 0.6 is 22.9 Å². The molecule has 0 aromatic carbocycles. The second-order valence-electron chi connectivity index (χ2n) is 5.87. The third-order valence-corrected chi connectivity index (χ3v) is 5.76. The number of thiazole rings is 1. The normalized spacial score (nSPS) is 15.7. The van der Waals surface area contributed by atoms with Crippen molar-refractivity contribution >= 4 is 34.0 Å². The third kappa shape index (κ3) is 4.66. The highest BCUT2D eigenvalue weighted by Gasteiger charge is 2.22. The van der Waals surface area contributed by atoms with Gasteiger partial charge in [0.2, 0.25) is 5.13 Å². The Kier molecular flexibility index (Phi) is 6.19. The SMILES string of the molecule is CCNC(=NCc1nc(C)cs1)N1CCN(c2nc(CC)ns2)CC1. The van der Waals surface area contributed by atoms with Crippen LogP contribution in [-0.2, 0) is 13.0 Å². The average molecular weight is 380 g/mol. The van der Waals surface area contributed by atoms with E-state index in [0.29, 0.717) is 6.54 Å². The summed E-state index contributed by atoms with van der Waals surface area (Å²) in [5.41, 5.74) is 1.07. The monoisotopic (exact) mass is 379 g/mol. The smallest absolute Gasteiger partial charge is 0.205 e. The first-order chi connectivity index (χ1) is 12.2. The molecular formula is C16H25N7S2. The van der Waals surface area contributed by atoms with Crippen LogP contribution in [0.5, 0.6) is 0 Å². The Morgan fingerprint density at radius 2 is 2.04 bits per heavy atom. The van der Waals surface area contributed by atoms with E-state index in [1.807, 2.05) is 6.92 Å². The summed E-state index contributed by atoms with van der Waals surface area (Å²) in [5, 5.41) is 7.58. The molecule has 25 heavy (non-hydrogen) atoms. The van der Waals surface area contributed by atoms with E-state index < -0.39 is 0 Å². The number of piperazine rings is 1. The molecule has 9 heteroatoms. The van der Waals surface area contributed by atoms with Crippen molar-refractivity contribution in [3.05, 3.63) is 21.9 Å². The minimum atomic E-state index is 0.636. The number of rotatable bonds is 5. The number of guanidine groups is 1. The molecule has 0 amide bonds. The van der Waals surface area contributed by atoms with Crippen LogP contribution in [0.2, 0.25) is 0 Å². The minimum Gasteiger partial charge on any atom is -0.357 e. The van der Waals surface area contributed by atoms with Gasteiger partial charge in [0.15, 0.2) is 5.96 Å². The van der Waals surface area contributed by atoms with Gasteiger partial charge in [-0.1, -0.05) is 6.92 Å². The molecule has 1 aliphatic rings. The lowest BCUT2D eigenvalue weighted by Gasteiger charge is -2.36. The van der Waals surface area contributed by atoms with Crippen LogP contribution in [-0.4, -0.2) is 57.9 Å². The largest absolute Gasteiger partial charge is 0.357 e. The van der Waals surface area contributed by atoms with Crippen molar-refractivity contribution in [2.75, 3.05) is 37.6 Å². The lowest BCUT2D eigenvalue weighted by molar-refractivity contribution is 0.372. The van der Waals surface area contributed by atoms with Crippen LogP contribution in [0, 0.1) is 6.92 Å². The first-order valence-corrected chi connectivity index (χ1v) is 10.4. The molecule has 0 spiro atoms. The summed E-state index contributed by atoms with van der Waals surface area (Å²) >= 11 is 3.18. The van der Waals surface area contributed by atoms with Gasteiger partial charge in [-0.25, -0.2) is 15.0 Å². The number of aromatic nitrogens is 3. The van der Waals surface area contributed by atoms with Crippen molar-refractivity contribution in [2.45, 2.75) is 33.7 Å². The molecule has 0 saturated carbocycles. The second kappa shape index (κ2) is 8.57. The Balaban J connectivity index is 1.59. The van der Waals surface area contributed by atoms with Gasteiger partial charge in [-0.3, -0.25) is 0 Å². The number of aliphatic imine (C=N–C) groups is 1. The molecule has 3 heterocycles. The molecule has 0 unspecified atom stereocenters. The predicted octanol–water partition coefficient (Wildman–Crippen LogP) is 2.15. The first-order valence-electron chi connectivity index (χ1n) is 8.71. The molecule has 0 bridgehead atoms. The molecule has 136 valence electrons. The summed E-state index contributed by atoms with van der Waals surface area (Å²) < 4.78 is 4.39. The van der Waals surface area contributed by atoms with Gasteiger partial charge < -0.3 is 15.1 Å². The van der Waals surface area contributed by atoms with Crippen LogP contribution in [0.1, 0.15) is 30.4 Å². The highest BCUT2D eigenvalue weighted by molar-refractivity contribution is 7.09. The molecule has 3 rings (SSSR count). The van der Waals surface area contributed by atoms with Crippen LogP contribution < -0.4 is 10.2 Å². The molecule has 1 saturated heterocycles. The summed E-state index contributed by atoms with van der Waals surface area (Å²) in [5.74, 6) is 1.91. The maximum absolute atomic E-state index is 4.77. The Morgan fingerprint density at radius 3 is 2.64 bits per heavy atom. The van der Waals surface area contributed by atoms with Crippen LogP contribution in [0.4, 0.5) is 5.13 Å². The van der Waals surface area contributed by atoms with Crippen molar-refractivity contribution in [3.63, 3.8) is 0 Å². The zero-order valence-corrected chi connectivity index (χ0v) is 16.7. The fourth-order valence-electron chi connectivity index (χ4n) is 2.67. The summed E-state index contributed by atoms with van der Waals surface area (Å²) in [4.78, 5) is 18.5. The first kappa shape index (κ1) is 18.1. The van der Waals surface area contributed by atoms with Crippen LogP contribution in [0.3, 0.4) is 0 Å². The maximum atomic E-state index is 4.77. The van der Waals surface area contributed by atoms with E-state index in [0.717, 1.165) is 66.8 Å². The van der Waals surface area contributed by atoms with Gasteiger partial charge in [0.05, 0.1) is 6.54 Å². The van der Waals surface area contributed by atoms with Gasteiger partial charge in [0, 0.05) is 61.8 Å². The predicted molar refractivity (Wildman–Crippen MR) is 105 cm³/mol. The van der Waals surface area contributed by atoms with Crippen molar-refractivity contribution in [3.8, 4) is 0 Å². The fourth-order valence-corrected chi connectivity index (χ4v) is 4.17. The number of nitrogens with zero attached hydrogens (tertiary/aromatic N) is 6. The van der Waals surface area contributed by atoms with Crippen molar-refractivity contribution in [1.29, 1.82) is 0 Å². The van der Waals surface area contributed by atoms with Gasteiger partial charge in [-0.05, 0) is 13.8 Å². The summed E-state index contributed by atoms with van der Waals surface area (Å²) in [7, 11) is 0. The van der Waals surface area contributed by atoms with Crippen molar-refractivity contribution in [2.24, 2.45) is 4.99 Å². The summed E-state index contributed by atoms with van der Waals surface area (Å²) in [6.07, 6.45) is 0.893. The second-order valence-corrected chi connectivity index (χ2v) is 7.55. The third-order valence-electron chi connectivity index (χ3n) is 3.99. The van der Waals surface area contributed by atoms with Gasteiger partial charge >= 0.3 is 0 Å². The quantitative estimate of drug-likeness (QED) is 0.634. The van der Waals surface area contributed by atoms with Crippen molar-refractivity contribution < 1.29 is 0 Å². The topological polar surface area (TPSA) is 69.5 Å². The standard InChI is InChI=1S/C16H25N7S2/c1-4-13-20-16(25-21-13)23-8-6-22(7-9-23)15(17-5-2)18-10-14-19-12(3)11-24-14/h11H,4-10H2,1-3H3,(H,17,18). The van der Waals surface area contributed by atoms with Crippen LogP contribution in [0.15, 0.2) is 10.4 Å². The van der Waals surface area contributed by atoms with Gasteiger partial charge in [-0.15, -0.1) is 11.3 Å². The van der Waals surface area contributed by atoms with E-state index in [1.165, 1.54) is 11.5 Å². The van der Waals surface area contributed by atoms with Gasteiger partial charge in [0.1, 0.15) is 10.8 Å².